The van der Waals surface area contributed by atoms with Crippen LogP contribution in [0.1, 0.15) is 55.4 Å². The average Bonchev–Trinajstić information content (AvgIpc) is 2.38. The summed E-state index contributed by atoms with van der Waals surface area (Å²) < 4.78 is 5.68. The van der Waals surface area contributed by atoms with Crippen LogP contribution in [0.5, 0.6) is 0 Å². The van der Waals surface area contributed by atoms with Crippen LogP contribution in [0.3, 0.4) is 0 Å². The number of ether oxygens (including phenoxy) is 1. The minimum Gasteiger partial charge on any atom is -0.394 e. The van der Waals surface area contributed by atoms with Crippen LogP contribution >= 0.6 is 0 Å². The normalized spacial score (nSPS) is 15.7. The van der Waals surface area contributed by atoms with Gasteiger partial charge in [-0.15, -0.1) is 0 Å². The van der Waals surface area contributed by atoms with Crippen LogP contribution in [-0.4, -0.2) is 71.5 Å². The molecule has 2 atom stereocenters. The van der Waals surface area contributed by atoms with Gasteiger partial charge < -0.3 is 9.84 Å². The Labute approximate surface area is 132 Å². The summed E-state index contributed by atoms with van der Waals surface area (Å²) in [7, 11) is 0. The summed E-state index contributed by atoms with van der Waals surface area (Å²) in [5.41, 5.74) is 0. The third-order valence-corrected chi connectivity index (χ3v) is 4.28. The number of hydrogen-bond donors (Lipinski definition) is 1. The first-order chi connectivity index (χ1) is 9.72. The van der Waals surface area contributed by atoms with Crippen LogP contribution < -0.4 is 0 Å². The third kappa shape index (κ3) is 7.59. The average molecular weight is 303 g/mol. The molecule has 0 rings (SSSR count). The molecule has 0 spiro atoms. The molecular weight excluding hydrogens is 264 g/mol. The fourth-order valence-electron chi connectivity index (χ4n) is 2.92. The Morgan fingerprint density at radius 3 is 1.57 bits per heavy atom. The van der Waals surface area contributed by atoms with E-state index < -0.39 is 0 Å². The summed E-state index contributed by atoms with van der Waals surface area (Å²) in [5.74, 6) is 0. The Hall–Kier alpha value is -0.160. The highest BCUT2D eigenvalue weighted by Crippen LogP contribution is 2.13. The highest BCUT2D eigenvalue weighted by molar-refractivity contribution is 4.79. The van der Waals surface area contributed by atoms with E-state index in [-0.39, 0.29) is 12.7 Å². The van der Waals surface area contributed by atoms with Gasteiger partial charge in [0.05, 0.1) is 19.3 Å². The molecule has 2 unspecified atom stereocenters. The molecule has 0 aromatic heterocycles. The van der Waals surface area contributed by atoms with E-state index >= 15 is 0 Å². The number of aliphatic hydroxyl groups is 1. The molecule has 0 saturated heterocycles. The van der Waals surface area contributed by atoms with E-state index in [2.05, 4.69) is 65.2 Å². The van der Waals surface area contributed by atoms with Crippen molar-refractivity contribution in [2.24, 2.45) is 0 Å². The first-order valence-corrected chi connectivity index (χ1v) is 8.46. The van der Waals surface area contributed by atoms with Gasteiger partial charge in [-0.1, -0.05) is 0 Å². The van der Waals surface area contributed by atoms with Gasteiger partial charge in [0.15, 0.2) is 0 Å². The predicted molar refractivity (Wildman–Crippen MR) is 90.8 cm³/mol. The van der Waals surface area contributed by atoms with Crippen LogP contribution in [0, 0.1) is 0 Å². The van der Waals surface area contributed by atoms with E-state index in [1.807, 2.05) is 0 Å². The molecular formula is C17H38N2O2. The summed E-state index contributed by atoms with van der Waals surface area (Å²) in [6.07, 6.45) is 0.131. The Morgan fingerprint density at radius 2 is 1.19 bits per heavy atom. The molecule has 0 aromatic rings. The molecule has 21 heavy (non-hydrogen) atoms. The molecule has 4 nitrogen and oxygen atoms in total. The fourth-order valence-corrected chi connectivity index (χ4v) is 2.92. The van der Waals surface area contributed by atoms with Gasteiger partial charge in [0.25, 0.3) is 0 Å². The van der Waals surface area contributed by atoms with Gasteiger partial charge in [0, 0.05) is 37.3 Å². The quantitative estimate of drug-likeness (QED) is 0.636. The highest BCUT2D eigenvalue weighted by Gasteiger charge is 2.24. The van der Waals surface area contributed by atoms with Crippen molar-refractivity contribution in [2.75, 3.05) is 26.3 Å². The van der Waals surface area contributed by atoms with Gasteiger partial charge in [-0.3, -0.25) is 9.80 Å². The first kappa shape index (κ1) is 20.8. The Morgan fingerprint density at radius 1 is 0.762 bits per heavy atom. The molecule has 0 aliphatic carbocycles. The van der Waals surface area contributed by atoms with Crippen LogP contribution in [0.4, 0.5) is 0 Å². The maximum absolute atomic E-state index is 8.90. The lowest BCUT2D eigenvalue weighted by atomic mass is 10.1. The Kier molecular flexibility index (Phi) is 10.5. The van der Waals surface area contributed by atoms with Crippen molar-refractivity contribution in [2.45, 2.75) is 85.7 Å². The van der Waals surface area contributed by atoms with E-state index in [1.54, 1.807) is 0 Å². The van der Waals surface area contributed by atoms with Crippen molar-refractivity contribution < 1.29 is 9.84 Å². The predicted octanol–water partition coefficient (Wildman–Crippen LogP) is 2.60. The maximum Gasteiger partial charge on any atom is 0.0702 e. The van der Waals surface area contributed by atoms with Gasteiger partial charge in [-0.25, -0.2) is 0 Å². The highest BCUT2D eigenvalue weighted by atomic mass is 16.5. The van der Waals surface area contributed by atoms with Crippen LogP contribution in [0.2, 0.25) is 0 Å². The van der Waals surface area contributed by atoms with E-state index in [0.717, 1.165) is 13.1 Å². The summed E-state index contributed by atoms with van der Waals surface area (Å²) in [6, 6.07) is 1.97. The molecule has 0 fully saturated rings. The number of hydrogen-bond acceptors (Lipinski definition) is 4. The molecule has 0 radical (unpaired) electrons. The molecule has 0 aromatic carbocycles. The van der Waals surface area contributed by atoms with E-state index in [9.17, 15) is 0 Å². The Bertz CT molecular complexity index is 249. The van der Waals surface area contributed by atoms with Crippen molar-refractivity contribution >= 4 is 0 Å². The molecule has 0 amide bonds. The summed E-state index contributed by atoms with van der Waals surface area (Å²) >= 11 is 0. The van der Waals surface area contributed by atoms with E-state index in [1.165, 1.54) is 0 Å². The lowest BCUT2D eigenvalue weighted by molar-refractivity contribution is -0.0236. The van der Waals surface area contributed by atoms with Crippen LogP contribution in [0.25, 0.3) is 0 Å². The third-order valence-electron chi connectivity index (χ3n) is 4.28. The summed E-state index contributed by atoms with van der Waals surface area (Å²) in [6.45, 7) is 20.5. The minimum absolute atomic E-state index is 0.0905. The lowest BCUT2D eigenvalue weighted by Gasteiger charge is -2.39. The molecule has 1 N–H and O–H groups in total. The number of nitrogens with zero attached hydrogens (tertiary/aromatic N) is 2. The molecule has 0 bridgehead atoms. The van der Waals surface area contributed by atoms with Gasteiger partial charge >= 0.3 is 0 Å². The second kappa shape index (κ2) is 10.5. The maximum atomic E-state index is 8.90. The molecule has 0 heterocycles. The van der Waals surface area contributed by atoms with Crippen molar-refractivity contribution in [3.8, 4) is 0 Å². The lowest BCUT2D eigenvalue weighted by Crippen LogP contribution is -2.50. The van der Waals surface area contributed by atoms with E-state index in [0.29, 0.717) is 30.8 Å². The zero-order valence-electron chi connectivity index (χ0n) is 15.5. The zero-order valence-corrected chi connectivity index (χ0v) is 15.5. The SMILES string of the molecule is CC(OCCO)C(C)N(CCN(C(C)C)C(C)C)C(C)C. The van der Waals surface area contributed by atoms with Crippen molar-refractivity contribution in [1.82, 2.24) is 9.80 Å². The number of aliphatic hydroxyl groups excluding tert-OH is 1. The van der Waals surface area contributed by atoms with Crippen molar-refractivity contribution in [1.29, 1.82) is 0 Å². The summed E-state index contributed by atoms with van der Waals surface area (Å²) in [5, 5.41) is 8.90. The van der Waals surface area contributed by atoms with Crippen LogP contribution in [-0.2, 0) is 4.74 Å². The summed E-state index contributed by atoms with van der Waals surface area (Å²) in [4.78, 5) is 5.03. The molecule has 0 aliphatic rings. The van der Waals surface area contributed by atoms with Crippen molar-refractivity contribution in [3.05, 3.63) is 0 Å². The first-order valence-electron chi connectivity index (χ1n) is 8.46. The van der Waals surface area contributed by atoms with Gasteiger partial charge in [-0.2, -0.15) is 0 Å². The van der Waals surface area contributed by atoms with Gasteiger partial charge in [0.1, 0.15) is 0 Å². The van der Waals surface area contributed by atoms with Crippen molar-refractivity contribution in [3.63, 3.8) is 0 Å². The topological polar surface area (TPSA) is 35.9 Å². The second-order valence-electron chi connectivity index (χ2n) is 6.80. The smallest absolute Gasteiger partial charge is 0.0702 e. The van der Waals surface area contributed by atoms with E-state index in [4.69, 9.17) is 9.84 Å². The standard InChI is InChI=1S/C17H38N2O2/c1-13(2)18(14(3)4)9-10-19(15(5)6)16(7)17(8)21-12-11-20/h13-17,20H,9-12H2,1-8H3. The zero-order chi connectivity index (χ0) is 16.6. The number of rotatable bonds is 11. The fraction of sp³-hybridized carbons (Fsp3) is 1.00. The molecule has 0 aliphatic heterocycles. The monoisotopic (exact) mass is 302 g/mol. The minimum atomic E-state index is 0.0905. The Balaban J connectivity index is 4.61. The molecule has 128 valence electrons. The van der Waals surface area contributed by atoms with Crippen LogP contribution in [0.15, 0.2) is 0 Å². The largest absolute Gasteiger partial charge is 0.394 e. The van der Waals surface area contributed by atoms with Gasteiger partial charge in [0.2, 0.25) is 0 Å². The second-order valence-corrected chi connectivity index (χ2v) is 6.80. The van der Waals surface area contributed by atoms with Gasteiger partial charge in [-0.05, 0) is 55.4 Å². The molecule has 0 saturated carbocycles. The molecule has 4 heteroatoms.